The third kappa shape index (κ3) is 5.85. The second kappa shape index (κ2) is 8.26. The number of hydrogen-bond acceptors (Lipinski definition) is 2. The minimum atomic E-state index is -0.205. The maximum Gasteiger partial charge on any atom is 0.144 e. The molecule has 1 aliphatic rings. The van der Waals surface area contributed by atoms with Crippen LogP contribution in [0.4, 0.5) is 0 Å². The zero-order valence-corrected chi connectivity index (χ0v) is 11.0. The van der Waals surface area contributed by atoms with Gasteiger partial charge in [0.15, 0.2) is 0 Å². The molecule has 98 valence electrons. The van der Waals surface area contributed by atoms with Gasteiger partial charge in [-0.15, -0.1) is 0 Å². The molecule has 0 heterocycles. The van der Waals surface area contributed by atoms with Gasteiger partial charge in [-0.25, -0.2) is 0 Å². The molecule has 1 rings (SSSR count). The standard InChI is InChI=1S/C14H26N2O/c1-2-6-14(15)16-13(11-17)10-9-12-7-4-3-5-8-12/h11-13H,2-10H2,1H3,(H2,15,16). The largest absolute Gasteiger partial charge is 0.387 e. The van der Waals surface area contributed by atoms with Crippen LogP contribution in [0.25, 0.3) is 0 Å². The second-order valence-electron chi connectivity index (χ2n) is 5.16. The van der Waals surface area contributed by atoms with E-state index in [2.05, 4.69) is 11.9 Å². The fourth-order valence-corrected chi connectivity index (χ4v) is 2.58. The number of nitrogens with two attached hydrogens (primary N) is 1. The van der Waals surface area contributed by atoms with Gasteiger partial charge in [0, 0.05) is 6.42 Å². The van der Waals surface area contributed by atoms with Crippen molar-refractivity contribution in [3.8, 4) is 0 Å². The molecule has 17 heavy (non-hydrogen) atoms. The Balaban J connectivity index is 2.30. The van der Waals surface area contributed by atoms with Crippen molar-refractivity contribution in [2.45, 2.75) is 70.8 Å². The molecule has 0 saturated heterocycles. The molecule has 1 unspecified atom stereocenters. The third-order valence-corrected chi connectivity index (χ3v) is 3.59. The van der Waals surface area contributed by atoms with Gasteiger partial charge in [-0.05, 0) is 25.2 Å². The van der Waals surface area contributed by atoms with Gasteiger partial charge in [0.25, 0.3) is 0 Å². The number of carbonyl (C=O) groups is 1. The van der Waals surface area contributed by atoms with E-state index in [0.29, 0.717) is 5.84 Å². The molecule has 1 atom stereocenters. The van der Waals surface area contributed by atoms with E-state index >= 15 is 0 Å². The molecule has 0 radical (unpaired) electrons. The van der Waals surface area contributed by atoms with Gasteiger partial charge >= 0.3 is 0 Å². The fourth-order valence-electron chi connectivity index (χ4n) is 2.58. The van der Waals surface area contributed by atoms with Gasteiger partial charge in [0.1, 0.15) is 12.3 Å². The van der Waals surface area contributed by atoms with Gasteiger partial charge in [0.05, 0.1) is 5.84 Å². The van der Waals surface area contributed by atoms with Crippen molar-refractivity contribution >= 4 is 12.1 Å². The maximum absolute atomic E-state index is 11.0. The van der Waals surface area contributed by atoms with Crippen molar-refractivity contribution in [3.63, 3.8) is 0 Å². The summed E-state index contributed by atoms with van der Waals surface area (Å²) in [5, 5.41) is 0. The first kappa shape index (κ1) is 14.2. The second-order valence-corrected chi connectivity index (χ2v) is 5.16. The van der Waals surface area contributed by atoms with E-state index in [9.17, 15) is 4.79 Å². The fraction of sp³-hybridized carbons (Fsp3) is 0.857. The summed E-state index contributed by atoms with van der Waals surface area (Å²) in [4.78, 5) is 15.3. The Kier molecular flexibility index (Phi) is 6.90. The van der Waals surface area contributed by atoms with E-state index in [0.717, 1.165) is 37.9 Å². The summed E-state index contributed by atoms with van der Waals surface area (Å²) >= 11 is 0. The summed E-state index contributed by atoms with van der Waals surface area (Å²) in [7, 11) is 0. The van der Waals surface area contributed by atoms with E-state index in [4.69, 9.17) is 5.73 Å². The molecular formula is C14H26N2O. The number of amidine groups is 1. The van der Waals surface area contributed by atoms with Gasteiger partial charge in [-0.1, -0.05) is 39.0 Å². The van der Waals surface area contributed by atoms with Gasteiger partial charge < -0.3 is 10.5 Å². The number of hydrogen-bond donors (Lipinski definition) is 1. The molecule has 3 nitrogen and oxygen atoms in total. The van der Waals surface area contributed by atoms with Crippen molar-refractivity contribution in [3.05, 3.63) is 0 Å². The number of carbonyl (C=O) groups excluding carboxylic acids is 1. The highest BCUT2D eigenvalue weighted by atomic mass is 16.1. The third-order valence-electron chi connectivity index (χ3n) is 3.59. The molecule has 0 aromatic carbocycles. The van der Waals surface area contributed by atoms with Crippen molar-refractivity contribution < 1.29 is 4.79 Å². The van der Waals surface area contributed by atoms with E-state index in [1.165, 1.54) is 32.1 Å². The van der Waals surface area contributed by atoms with Crippen LogP contribution in [0.2, 0.25) is 0 Å². The topological polar surface area (TPSA) is 55.4 Å². The molecule has 1 saturated carbocycles. The van der Waals surface area contributed by atoms with Crippen LogP contribution >= 0.6 is 0 Å². The van der Waals surface area contributed by atoms with Crippen LogP contribution in [0.5, 0.6) is 0 Å². The zero-order valence-electron chi connectivity index (χ0n) is 11.0. The minimum Gasteiger partial charge on any atom is -0.387 e. The molecule has 0 spiro atoms. The summed E-state index contributed by atoms with van der Waals surface area (Å²) in [6.07, 6.45) is 11.5. The maximum atomic E-state index is 11.0. The van der Waals surface area contributed by atoms with E-state index in [1.54, 1.807) is 0 Å². The molecule has 0 aromatic heterocycles. The smallest absolute Gasteiger partial charge is 0.144 e. The summed E-state index contributed by atoms with van der Waals surface area (Å²) in [5.74, 6) is 1.45. The Morgan fingerprint density at radius 3 is 2.71 bits per heavy atom. The first-order valence-electron chi connectivity index (χ1n) is 7.03. The molecule has 0 amide bonds. The Labute approximate surface area is 105 Å². The highest BCUT2D eigenvalue weighted by Gasteiger charge is 2.15. The predicted molar refractivity (Wildman–Crippen MR) is 72.2 cm³/mol. The van der Waals surface area contributed by atoms with Crippen LogP contribution in [0.15, 0.2) is 4.99 Å². The van der Waals surface area contributed by atoms with E-state index < -0.39 is 0 Å². The van der Waals surface area contributed by atoms with E-state index in [-0.39, 0.29) is 6.04 Å². The average molecular weight is 238 g/mol. The Hall–Kier alpha value is -0.860. The molecule has 0 aliphatic heterocycles. The lowest BCUT2D eigenvalue weighted by Gasteiger charge is -2.21. The van der Waals surface area contributed by atoms with Crippen molar-refractivity contribution in [1.82, 2.24) is 0 Å². The van der Waals surface area contributed by atoms with Crippen LogP contribution < -0.4 is 5.73 Å². The number of rotatable bonds is 7. The minimum absolute atomic E-state index is 0.205. The van der Waals surface area contributed by atoms with Crippen LogP contribution in [-0.4, -0.2) is 18.2 Å². The normalized spacial score (nSPS) is 20.2. The summed E-state index contributed by atoms with van der Waals surface area (Å²) < 4.78 is 0. The molecule has 0 aromatic rings. The van der Waals surface area contributed by atoms with Crippen molar-refractivity contribution in [2.75, 3.05) is 0 Å². The van der Waals surface area contributed by atoms with Crippen LogP contribution in [0.3, 0.4) is 0 Å². The molecule has 3 heteroatoms. The van der Waals surface area contributed by atoms with E-state index in [1.807, 2.05) is 0 Å². The number of nitrogens with zero attached hydrogens (tertiary/aromatic N) is 1. The van der Waals surface area contributed by atoms with Crippen molar-refractivity contribution in [1.29, 1.82) is 0 Å². The average Bonchev–Trinajstić information content (AvgIpc) is 2.36. The Morgan fingerprint density at radius 2 is 2.12 bits per heavy atom. The molecule has 1 fully saturated rings. The quantitative estimate of drug-likeness (QED) is 0.421. The number of aldehydes is 1. The Bertz CT molecular complexity index is 245. The van der Waals surface area contributed by atoms with Crippen LogP contribution in [0, 0.1) is 5.92 Å². The highest BCUT2D eigenvalue weighted by Crippen LogP contribution is 2.27. The summed E-state index contributed by atoms with van der Waals surface area (Å²) in [6, 6.07) is -0.205. The molecule has 0 bridgehead atoms. The molecule has 2 N–H and O–H groups in total. The van der Waals surface area contributed by atoms with Crippen molar-refractivity contribution in [2.24, 2.45) is 16.6 Å². The first-order chi connectivity index (χ1) is 8.26. The predicted octanol–water partition coefficient (Wildman–Crippen LogP) is 3.07. The molecular weight excluding hydrogens is 212 g/mol. The SMILES string of the molecule is CCCC(N)=NC(C=O)CCC1CCCCC1. The van der Waals surface area contributed by atoms with Crippen LogP contribution in [-0.2, 0) is 4.79 Å². The number of aliphatic imine (C=N–C) groups is 1. The lowest BCUT2D eigenvalue weighted by molar-refractivity contribution is -0.109. The van der Waals surface area contributed by atoms with Crippen LogP contribution in [0.1, 0.15) is 64.7 Å². The lowest BCUT2D eigenvalue weighted by Crippen LogP contribution is -2.18. The van der Waals surface area contributed by atoms with Gasteiger partial charge in [-0.2, -0.15) is 0 Å². The molecule has 1 aliphatic carbocycles. The summed E-state index contributed by atoms with van der Waals surface area (Å²) in [5.41, 5.74) is 5.76. The zero-order chi connectivity index (χ0) is 12.5. The summed E-state index contributed by atoms with van der Waals surface area (Å²) in [6.45, 7) is 2.07. The highest BCUT2D eigenvalue weighted by molar-refractivity contribution is 5.82. The Morgan fingerprint density at radius 1 is 1.41 bits per heavy atom. The first-order valence-corrected chi connectivity index (χ1v) is 7.03. The monoisotopic (exact) mass is 238 g/mol. The lowest BCUT2D eigenvalue weighted by atomic mass is 9.85. The van der Waals surface area contributed by atoms with Gasteiger partial charge in [0.2, 0.25) is 0 Å². The van der Waals surface area contributed by atoms with Gasteiger partial charge in [-0.3, -0.25) is 4.99 Å².